The van der Waals surface area contributed by atoms with E-state index in [-0.39, 0.29) is 56.3 Å². The number of benzene rings is 4. The average Bonchev–Trinajstić information content (AvgIpc) is 3.15. The minimum absolute atomic E-state index is 0.0916. The molecule has 17 heteroatoms. The van der Waals surface area contributed by atoms with Crippen molar-refractivity contribution >= 4 is 60.0 Å². The third-order valence-electron chi connectivity index (χ3n) is 8.42. The van der Waals surface area contributed by atoms with Crippen LogP contribution in [0.25, 0.3) is 10.8 Å². The molecule has 1 fully saturated rings. The highest BCUT2D eigenvalue weighted by atomic mass is 32.2. The number of carbonyl (C=O) groups excluding carboxylic acids is 1. The summed E-state index contributed by atoms with van der Waals surface area (Å²) in [6.07, 6.45) is -0.334. The maximum absolute atomic E-state index is 14.3. The second-order valence-electron chi connectivity index (χ2n) is 11.6. The Hall–Kier alpha value is -5.39. The maximum atomic E-state index is 14.3. The Morgan fingerprint density at radius 1 is 0.731 bits per heavy atom. The molecule has 5 rings (SSSR count). The predicted octanol–water partition coefficient (Wildman–Crippen LogP) is 3.21. The van der Waals surface area contributed by atoms with Crippen molar-refractivity contribution in [3.63, 3.8) is 0 Å². The molecule has 15 nitrogen and oxygen atoms in total. The van der Waals surface area contributed by atoms with Crippen LogP contribution in [0.3, 0.4) is 0 Å². The summed E-state index contributed by atoms with van der Waals surface area (Å²) in [5, 5.41) is 20.2. The monoisotopic (exact) mass is 755 g/mol. The van der Waals surface area contributed by atoms with E-state index >= 15 is 0 Å². The lowest BCUT2D eigenvalue weighted by Gasteiger charge is -2.31. The number of aryl methyl sites for hydroxylation is 1. The minimum Gasteiger partial charge on any atom is -0.497 e. The van der Waals surface area contributed by atoms with E-state index in [0.29, 0.717) is 46.4 Å². The van der Waals surface area contributed by atoms with Crippen LogP contribution < -0.4 is 18.1 Å². The van der Waals surface area contributed by atoms with E-state index in [9.17, 15) is 41.4 Å². The number of carboxylic acids is 2. The number of amides is 1. The molecule has 0 bridgehead atoms. The number of rotatable bonds is 15. The summed E-state index contributed by atoms with van der Waals surface area (Å²) in [5.74, 6) is -2.54. The van der Waals surface area contributed by atoms with Gasteiger partial charge in [0.25, 0.3) is 20.0 Å². The molecule has 0 saturated carbocycles. The fourth-order valence-corrected chi connectivity index (χ4v) is 8.78. The van der Waals surface area contributed by atoms with Crippen LogP contribution >= 0.6 is 0 Å². The van der Waals surface area contributed by atoms with Crippen LogP contribution in [0.1, 0.15) is 12.0 Å². The second-order valence-corrected chi connectivity index (χ2v) is 15.3. The number of methoxy groups -OCH3 is 2. The molecule has 276 valence electrons. The molecule has 4 aromatic rings. The second kappa shape index (κ2) is 15.9. The Bertz CT molecular complexity index is 2170. The number of hydrogen-bond acceptors (Lipinski definition) is 10. The van der Waals surface area contributed by atoms with Crippen molar-refractivity contribution in [1.82, 2.24) is 4.90 Å². The van der Waals surface area contributed by atoms with E-state index in [1.165, 1.54) is 80.9 Å². The van der Waals surface area contributed by atoms with Gasteiger partial charge >= 0.3 is 11.9 Å². The van der Waals surface area contributed by atoms with Gasteiger partial charge in [-0.05, 0) is 66.6 Å². The van der Waals surface area contributed by atoms with Crippen molar-refractivity contribution in [2.75, 3.05) is 62.2 Å². The molecule has 1 saturated heterocycles. The Morgan fingerprint density at radius 2 is 1.21 bits per heavy atom. The first-order chi connectivity index (χ1) is 24.8. The summed E-state index contributed by atoms with van der Waals surface area (Å²) < 4.78 is 74.2. The third kappa shape index (κ3) is 8.06. The van der Waals surface area contributed by atoms with Crippen LogP contribution in [0.5, 0.6) is 11.5 Å². The summed E-state index contributed by atoms with van der Waals surface area (Å²) in [6.45, 7) is -0.734. The van der Waals surface area contributed by atoms with Crippen LogP contribution in [-0.2, 0) is 45.6 Å². The van der Waals surface area contributed by atoms with Crippen molar-refractivity contribution in [2.45, 2.75) is 22.6 Å². The lowest BCUT2D eigenvalue weighted by molar-refractivity contribution is -0.136. The van der Waals surface area contributed by atoms with Gasteiger partial charge in [0.1, 0.15) is 24.6 Å². The molecular weight excluding hydrogens is 719 g/mol. The lowest BCUT2D eigenvalue weighted by Crippen LogP contribution is -2.41. The minimum atomic E-state index is -4.63. The van der Waals surface area contributed by atoms with Crippen molar-refractivity contribution in [3.05, 3.63) is 84.4 Å². The predicted molar refractivity (Wildman–Crippen MR) is 190 cm³/mol. The topological polar surface area (TPSA) is 197 Å². The average molecular weight is 756 g/mol. The van der Waals surface area contributed by atoms with Crippen molar-refractivity contribution < 1.29 is 55.6 Å². The zero-order chi connectivity index (χ0) is 37.6. The van der Waals surface area contributed by atoms with Gasteiger partial charge in [0.2, 0.25) is 5.91 Å². The molecule has 0 radical (unpaired) electrons. The molecular formula is C35H37N3O12S2. The fourth-order valence-electron chi connectivity index (χ4n) is 5.88. The molecule has 4 aromatic carbocycles. The summed E-state index contributed by atoms with van der Waals surface area (Å²) in [4.78, 5) is 39.1. The van der Waals surface area contributed by atoms with Crippen LogP contribution in [-0.4, -0.2) is 103 Å². The van der Waals surface area contributed by atoms with Crippen molar-refractivity contribution in [1.29, 1.82) is 0 Å². The molecule has 0 aliphatic carbocycles. The number of anilines is 2. The Morgan fingerprint density at radius 3 is 1.71 bits per heavy atom. The van der Waals surface area contributed by atoms with E-state index < -0.39 is 45.1 Å². The molecule has 0 unspecified atom stereocenters. The molecule has 1 aliphatic rings. The van der Waals surface area contributed by atoms with E-state index in [0.717, 1.165) is 0 Å². The largest absolute Gasteiger partial charge is 0.497 e. The summed E-state index contributed by atoms with van der Waals surface area (Å²) >= 11 is 0. The number of fused-ring (bicyclic) bond motifs is 1. The van der Waals surface area contributed by atoms with Crippen LogP contribution in [0.4, 0.5) is 11.4 Å². The van der Waals surface area contributed by atoms with Gasteiger partial charge in [-0.15, -0.1) is 0 Å². The number of carbonyl (C=O) groups is 3. The number of morpholine rings is 1. The highest BCUT2D eigenvalue weighted by Gasteiger charge is 2.34. The Labute approximate surface area is 300 Å². The van der Waals surface area contributed by atoms with Crippen molar-refractivity contribution in [3.8, 4) is 11.5 Å². The normalized spacial score (nSPS) is 13.4. The molecule has 2 N–H and O–H groups in total. The SMILES string of the molecule is COc1ccc(S(=O)(=O)N(CC(=O)O)c2cc(CCC(=O)N3CCOCC3)c(N(CC(=O)O)S(=O)(=O)c3ccc(OC)cc3)c3ccccc23)cc1. The Balaban J connectivity index is 1.77. The molecule has 1 heterocycles. The lowest BCUT2D eigenvalue weighted by atomic mass is 9.98. The van der Waals surface area contributed by atoms with Crippen LogP contribution in [0, 0.1) is 0 Å². The van der Waals surface area contributed by atoms with Crippen LogP contribution in [0.2, 0.25) is 0 Å². The molecule has 1 amide bonds. The maximum Gasteiger partial charge on any atom is 0.324 e. The smallest absolute Gasteiger partial charge is 0.324 e. The number of ether oxygens (including phenoxy) is 3. The van der Waals surface area contributed by atoms with Gasteiger partial charge in [0.05, 0.1) is 48.6 Å². The highest BCUT2D eigenvalue weighted by Crippen LogP contribution is 2.42. The number of nitrogens with zero attached hydrogens (tertiary/aromatic N) is 3. The zero-order valence-corrected chi connectivity index (χ0v) is 29.9. The Kier molecular flexibility index (Phi) is 11.6. The third-order valence-corrected chi connectivity index (χ3v) is 11.9. The van der Waals surface area contributed by atoms with E-state index in [2.05, 4.69) is 0 Å². The molecule has 1 aliphatic heterocycles. The number of sulfonamides is 2. The van der Waals surface area contributed by atoms with Crippen LogP contribution in [0.15, 0.2) is 88.7 Å². The van der Waals surface area contributed by atoms with Gasteiger partial charge in [-0.3, -0.25) is 23.0 Å². The van der Waals surface area contributed by atoms with E-state index in [1.54, 1.807) is 17.0 Å². The summed E-state index contributed by atoms with van der Waals surface area (Å²) in [5.41, 5.74) is -0.137. The van der Waals surface area contributed by atoms with Crippen molar-refractivity contribution in [2.24, 2.45) is 0 Å². The number of carboxylic acid groups (broad SMARTS) is 2. The van der Waals surface area contributed by atoms with Gasteiger partial charge in [-0.25, -0.2) is 16.8 Å². The molecule has 0 spiro atoms. The van der Waals surface area contributed by atoms with Gasteiger partial charge < -0.3 is 29.3 Å². The highest BCUT2D eigenvalue weighted by molar-refractivity contribution is 7.93. The quantitative estimate of drug-likeness (QED) is 0.180. The molecule has 0 aromatic heterocycles. The standard InChI is InChI=1S/C35H37N3O12S2/c1-48-25-8-12-27(13-9-25)51(44,45)37(22-33(40)41)31-21-24(7-16-32(39)36-17-19-50-20-18-36)35(30-6-4-3-5-29(30)31)38(23-34(42)43)52(46,47)28-14-10-26(49-2)11-15-28/h3-6,8-15,21H,7,16-20,22-23H2,1-2H3,(H,40,41)(H,42,43). The van der Waals surface area contributed by atoms with E-state index in [4.69, 9.17) is 14.2 Å². The zero-order valence-electron chi connectivity index (χ0n) is 28.3. The van der Waals surface area contributed by atoms with Gasteiger partial charge in [0.15, 0.2) is 0 Å². The summed E-state index contributed by atoms with van der Waals surface area (Å²) in [6, 6.07) is 18.0. The van der Waals surface area contributed by atoms with Gasteiger partial charge in [-0.2, -0.15) is 0 Å². The first-order valence-corrected chi connectivity index (χ1v) is 18.8. The molecule has 52 heavy (non-hydrogen) atoms. The first kappa shape index (κ1) is 37.9. The first-order valence-electron chi connectivity index (χ1n) is 15.9. The fraction of sp³-hybridized carbons (Fsp3) is 0.286. The van der Waals surface area contributed by atoms with Gasteiger partial charge in [-0.1, -0.05) is 24.3 Å². The van der Waals surface area contributed by atoms with Gasteiger partial charge in [0, 0.05) is 30.3 Å². The number of hydrogen-bond donors (Lipinski definition) is 2. The summed E-state index contributed by atoms with van der Waals surface area (Å²) in [7, 11) is -6.41. The molecule has 0 atom stereocenters. The van der Waals surface area contributed by atoms with E-state index in [1.807, 2.05) is 0 Å². The number of aliphatic carboxylic acids is 2.